The van der Waals surface area contributed by atoms with Crippen LogP contribution in [-0.4, -0.2) is 31.9 Å². The van der Waals surface area contributed by atoms with Crippen LogP contribution in [-0.2, 0) is 9.98 Å². The summed E-state index contributed by atoms with van der Waals surface area (Å²) in [5.41, 5.74) is -0.371. The van der Waals surface area contributed by atoms with Crippen LogP contribution in [0.2, 0.25) is 0 Å². The third-order valence-electron chi connectivity index (χ3n) is 4.67. The molecule has 0 radical (unpaired) electrons. The number of aromatic nitrogens is 3. The molecule has 1 aromatic heterocycles. The van der Waals surface area contributed by atoms with Crippen LogP contribution in [0.1, 0.15) is 45.6 Å². The predicted octanol–water partition coefficient (Wildman–Crippen LogP) is 2.92. The van der Waals surface area contributed by atoms with Crippen molar-refractivity contribution in [2.75, 3.05) is 6.16 Å². The van der Waals surface area contributed by atoms with Crippen molar-refractivity contribution in [1.29, 1.82) is 0 Å². The average molecular weight is 333 g/mol. The van der Waals surface area contributed by atoms with Gasteiger partial charge in [0, 0.05) is 16.9 Å². The van der Waals surface area contributed by atoms with Crippen LogP contribution < -0.4 is 5.30 Å². The van der Waals surface area contributed by atoms with Gasteiger partial charge >= 0.3 is 0 Å². The highest BCUT2D eigenvalue weighted by Crippen LogP contribution is 2.66. The van der Waals surface area contributed by atoms with Crippen LogP contribution >= 0.6 is 7.14 Å². The number of rotatable bonds is 2. The van der Waals surface area contributed by atoms with E-state index in [1.807, 2.05) is 30.3 Å². The molecule has 124 valence electrons. The highest BCUT2D eigenvalue weighted by Gasteiger charge is 2.55. The third kappa shape index (κ3) is 2.66. The molecule has 1 aliphatic rings. The Balaban J connectivity index is 2.18. The summed E-state index contributed by atoms with van der Waals surface area (Å²) in [5.74, 6) is -0.575. The number of aliphatic hydroxyl groups is 1. The maximum atomic E-state index is 13.9. The van der Waals surface area contributed by atoms with E-state index in [9.17, 15) is 9.67 Å². The minimum Gasteiger partial charge on any atom is -0.387 e. The summed E-state index contributed by atoms with van der Waals surface area (Å²) in [6.07, 6.45) is 2.69. The largest absolute Gasteiger partial charge is 0.387 e. The van der Waals surface area contributed by atoms with Crippen LogP contribution in [0.3, 0.4) is 0 Å². The quantitative estimate of drug-likeness (QED) is 0.858. The lowest BCUT2D eigenvalue weighted by atomic mass is 9.92. The van der Waals surface area contributed by atoms with Crippen molar-refractivity contribution in [2.24, 2.45) is 0 Å². The summed E-state index contributed by atoms with van der Waals surface area (Å²) in [7, 11) is -2.83. The lowest BCUT2D eigenvalue weighted by Gasteiger charge is -2.32. The molecule has 1 saturated heterocycles. The van der Waals surface area contributed by atoms with E-state index in [4.69, 9.17) is 0 Å². The molecule has 2 heterocycles. The van der Waals surface area contributed by atoms with E-state index in [0.29, 0.717) is 12.6 Å². The summed E-state index contributed by atoms with van der Waals surface area (Å²) in [6, 6.07) is 9.48. The maximum Gasteiger partial charge on any atom is 0.142 e. The van der Waals surface area contributed by atoms with E-state index in [0.717, 1.165) is 11.0 Å². The Morgan fingerprint density at radius 1 is 1.30 bits per heavy atom. The molecule has 0 saturated carbocycles. The molecule has 1 unspecified atom stereocenters. The van der Waals surface area contributed by atoms with Gasteiger partial charge in [-0.2, -0.15) is 0 Å². The van der Waals surface area contributed by atoms with Crippen LogP contribution in [0.4, 0.5) is 0 Å². The van der Waals surface area contributed by atoms with Crippen LogP contribution in [0.25, 0.3) is 0 Å². The Labute approximate surface area is 137 Å². The fourth-order valence-corrected chi connectivity index (χ4v) is 7.24. The maximum absolute atomic E-state index is 13.9. The first-order valence-electron chi connectivity index (χ1n) is 7.94. The van der Waals surface area contributed by atoms with Gasteiger partial charge in [-0.3, -0.25) is 0 Å². The molecule has 2 aromatic rings. The number of hydrogen-bond acceptors (Lipinski definition) is 4. The van der Waals surface area contributed by atoms with E-state index in [2.05, 4.69) is 31.1 Å². The SMILES string of the molecule is CC(C)(C)c1cnnn1[C@H]1[C@](C)(O)CCP1(=O)c1ccccc1. The second kappa shape index (κ2) is 5.29. The van der Waals surface area contributed by atoms with Crippen molar-refractivity contribution in [3.63, 3.8) is 0 Å². The Hall–Kier alpha value is -1.45. The number of hydrogen-bond donors (Lipinski definition) is 1. The molecule has 1 N–H and O–H groups in total. The summed E-state index contributed by atoms with van der Waals surface area (Å²) >= 11 is 0. The molecule has 0 amide bonds. The van der Waals surface area contributed by atoms with Crippen LogP contribution in [0, 0.1) is 0 Å². The molecule has 3 rings (SSSR count). The Kier molecular flexibility index (Phi) is 3.77. The molecular formula is C17H24N3O2P. The van der Waals surface area contributed by atoms with Crippen molar-refractivity contribution >= 4 is 12.4 Å². The van der Waals surface area contributed by atoms with Gasteiger partial charge in [-0.1, -0.05) is 56.3 Å². The van der Waals surface area contributed by atoms with Gasteiger partial charge in [-0.15, -0.1) is 5.10 Å². The van der Waals surface area contributed by atoms with Gasteiger partial charge in [0.05, 0.1) is 17.5 Å². The van der Waals surface area contributed by atoms with E-state index in [1.165, 1.54) is 0 Å². The smallest absolute Gasteiger partial charge is 0.142 e. The minimum absolute atomic E-state index is 0.191. The molecule has 1 fully saturated rings. The van der Waals surface area contributed by atoms with Crippen LogP contribution in [0.5, 0.6) is 0 Å². The lowest BCUT2D eigenvalue weighted by Crippen LogP contribution is -2.35. The normalized spacial score (nSPS) is 31.4. The van der Waals surface area contributed by atoms with Gasteiger partial charge in [-0.05, 0) is 13.3 Å². The molecule has 3 atom stereocenters. The zero-order valence-electron chi connectivity index (χ0n) is 14.1. The van der Waals surface area contributed by atoms with E-state index < -0.39 is 18.5 Å². The first kappa shape index (κ1) is 16.4. The van der Waals surface area contributed by atoms with E-state index >= 15 is 0 Å². The summed E-state index contributed by atoms with van der Waals surface area (Å²) in [6.45, 7) is 7.96. The molecule has 1 aromatic carbocycles. The van der Waals surface area contributed by atoms with Crippen molar-refractivity contribution in [1.82, 2.24) is 15.0 Å². The van der Waals surface area contributed by atoms with Gasteiger partial charge < -0.3 is 9.67 Å². The number of benzene rings is 1. The highest BCUT2D eigenvalue weighted by molar-refractivity contribution is 7.72. The van der Waals surface area contributed by atoms with Crippen molar-refractivity contribution in [3.8, 4) is 0 Å². The first-order chi connectivity index (χ1) is 10.7. The molecule has 0 aliphatic carbocycles. The van der Waals surface area contributed by atoms with Gasteiger partial charge in [0.2, 0.25) is 0 Å². The summed E-state index contributed by atoms with van der Waals surface area (Å²) in [5, 5.41) is 20.0. The molecule has 23 heavy (non-hydrogen) atoms. The average Bonchev–Trinajstić information content (AvgIpc) is 3.03. The minimum atomic E-state index is -2.83. The topological polar surface area (TPSA) is 68.0 Å². The van der Waals surface area contributed by atoms with Gasteiger partial charge in [-0.25, -0.2) is 4.68 Å². The predicted molar refractivity (Wildman–Crippen MR) is 91.5 cm³/mol. The lowest BCUT2D eigenvalue weighted by molar-refractivity contribution is 0.0355. The standard InChI is InChI=1S/C17H24N3O2P/c1-16(2,3)14-12-18-19-20(14)15-17(4,21)10-11-23(15,22)13-8-6-5-7-9-13/h5-9,12,15,21H,10-11H2,1-4H3/t15-,17-,23?/m1/s1. The molecule has 1 aliphatic heterocycles. The van der Waals surface area contributed by atoms with Crippen molar-refractivity contribution in [3.05, 3.63) is 42.2 Å². The monoisotopic (exact) mass is 333 g/mol. The zero-order valence-corrected chi connectivity index (χ0v) is 15.0. The fourth-order valence-electron chi connectivity index (χ4n) is 3.45. The van der Waals surface area contributed by atoms with Crippen LogP contribution in [0.15, 0.2) is 36.5 Å². The third-order valence-corrected chi connectivity index (χ3v) is 8.29. The molecule has 0 bridgehead atoms. The highest BCUT2D eigenvalue weighted by atomic mass is 31.2. The zero-order chi connectivity index (χ0) is 16.9. The van der Waals surface area contributed by atoms with Gasteiger partial charge in [0.25, 0.3) is 0 Å². The Morgan fingerprint density at radius 3 is 2.57 bits per heavy atom. The van der Waals surface area contributed by atoms with Crippen molar-refractivity contribution < 1.29 is 9.67 Å². The van der Waals surface area contributed by atoms with Crippen molar-refractivity contribution in [2.45, 2.75) is 50.9 Å². The van der Waals surface area contributed by atoms with E-state index in [1.54, 1.807) is 17.8 Å². The van der Waals surface area contributed by atoms with E-state index in [-0.39, 0.29) is 5.41 Å². The second-order valence-corrected chi connectivity index (χ2v) is 10.7. The summed E-state index contributed by atoms with van der Waals surface area (Å²) < 4.78 is 15.6. The summed E-state index contributed by atoms with van der Waals surface area (Å²) in [4.78, 5) is 0. The molecule has 6 heteroatoms. The molecule has 5 nitrogen and oxygen atoms in total. The second-order valence-electron chi connectivity index (χ2n) is 7.65. The van der Waals surface area contributed by atoms with Gasteiger partial charge in [0.1, 0.15) is 12.9 Å². The fraction of sp³-hybridized carbons (Fsp3) is 0.529. The van der Waals surface area contributed by atoms with Gasteiger partial charge in [0.15, 0.2) is 0 Å². The Morgan fingerprint density at radius 2 is 1.96 bits per heavy atom. The first-order valence-corrected chi connectivity index (χ1v) is 9.90. The molecule has 0 spiro atoms. The number of nitrogens with zero attached hydrogens (tertiary/aromatic N) is 3. The Bertz CT molecular complexity index is 747. The molecular weight excluding hydrogens is 309 g/mol.